The minimum Gasteiger partial charge on any atom is -0.493 e. The van der Waals surface area contributed by atoms with E-state index in [0.717, 1.165) is 5.56 Å². The molecule has 2 aromatic carbocycles. The monoisotopic (exact) mass is 507 g/mol. The van der Waals surface area contributed by atoms with Crippen molar-refractivity contribution in [1.82, 2.24) is 4.57 Å². The van der Waals surface area contributed by atoms with Crippen LogP contribution in [0.15, 0.2) is 63.5 Å². The largest absolute Gasteiger partial charge is 0.493 e. The number of nitrogens with zero attached hydrogens (tertiary/aromatic N) is 3. The number of thiazole rings is 1. The minimum atomic E-state index is -0.927. The second-order valence-corrected chi connectivity index (χ2v) is 9.09. The van der Waals surface area contributed by atoms with Crippen LogP contribution in [-0.2, 0) is 9.53 Å². The molecular weight excluding hydrogens is 482 g/mol. The van der Waals surface area contributed by atoms with Crippen LogP contribution in [0.4, 0.5) is 5.69 Å². The predicted octanol–water partition coefficient (Wildman–Crippen LogP) is 3.41. The summed E-state index contributed by atoms with van der Waals surface area (Å²) >= 11 is 1.18. The van der Waals surface area contributed by atoms with Crippen LogP contribution in [0.5, 0.6) is 5.75 Å². The third kappa shape index (κ3) is 4.59. The van der Waals surface area contributed by atoms with Gasteiger partial charge < -0.3 is 9.47 Å². The molecule has 36 heavy (non-hydrogen) atoms. The summed E-state index contributed by atoms with van der Waals surface area (Å²) in [7, 11) is 0. The van der Waals surface area contributed by atoms with Crippen LogP contribution < -0.4 is 19.6 Å². The Morgan fingerprint density at radius 2 is 1.94 bits per heavy atom. The van der Waals surface area contributed by atoms with Crippen LogP contribution >= 0.6 is 11.3 Å². The third-order valence-corrected chi connectivity index (χ3v) is 6.75. The average Bonchev–Trinajstić information content (AvgIpc) is 3.14. The van der Waals surface area contributed by atoms with Gasteiger partial charge in [0.2, 0.25) is 0 Å². The van der Waals surface area contributed by atoms with Crippen LogP contribution in [0.25, 0.3) is 6.08 Å². The number of hydrogen-bond acceptors (Lipinski definition) is 8. The molecule has 0 fully saturated rings. The number of ether oxygens (including phenoxy) is 2. The van der Waals surface area contributed by atoms with Crippen molar-refractivity contribution in [2.45, 2.75) is 33.7 Å². The molecule has 0 unspecified atom stereocenters. The van der Waals surface area contributed by atoms with Gasteiger partial charge in [0.1, 0.15) is 5.75 Å². The van der Waals surface area contributed by atoms with Gasteiger partial charge in [-0.3, -0.25) is 19.5 Å². The first kappa shape index (κ1) is 25.1. The van der Waals surface area contributed by atoms with Crippen molar-refractivity contribution in [3.05, 3.63) is 100 Å². The topological polar surface area (TPSA) is 113 Å². The molecule has 1 atom stereocenters. The number of benzene rings is 2. The molecule has 0 saturated heterocycles. The van der Waals surface area contributed by atoms with Gasteiger partial charge in [-0.05, 0) is 45.4 Å². The summed E-state index contributed by atoms with van der Waals surface area (Å²) in [5.41, 5.74) is 1.72. The number of para-hydroxylation sites is 1. The SMILES string of the molecule is CCOC(=O)C1=C(C)N=c2s/c(=C/c3ccccc3OCC)c(=O)n2[C@H]1c1ccc(C)c([N+](=O)[O-])c1. The van der Waals surface area contributed by atoms with Gasteiger partial charge in [0, 0.05) is 17.2 Å². The summed E-state index contributed by atoms with van der Waals surface area (Å²) in [4.78, 5) is 42.8. The maximum Gasteiger partial charge on any atom is 0.338 e. The Balaban J connectivity index is 1.99. The molecule has 186 valence electrons. The van der Waals surface area contributed by atoms with Crippen LogP contribution in [0.2, 0.25) is 0 Å². The number of hydrogen-bond donors (Lipinski definition) is 0. The van der Waals surface area contributed by atoms with E-state index < -0.39 is 16.9 Å². The lowest BCUT2D eigenvalue weighted by Crippen LogP contribution is -2.40. The Labute approximate surface area is 210 Å². The number of aryl methyl sites for hydroxylation is 1. The number of carbonyl (C=O) groups is 1. The lowest BCUT2D eigenvalue weighted by Gasteiger charge is -2.24. The standard InChI is InChI=1S/C26H25N3O6S/c1-5-34-20-10-8-7-9-17(20)14-21-24(30)28-23(18-12-11-15(3)19(13-18)29(32)33)22(25(31)35-6-2)16(4)27-26(28)36-21/h7-14,23H,5-6H2,1-4H3/b21-14+/t23-/m0/s1. The van der Waals surface area contributed by atoms with Crippen LogP contribution in [0.1, 0.15) is 43.5 Å². The molecule has 2 heterocycles. The molecule has 0 bridgehead atoms. The Hall–Kier alpha value is -4.05. The van der Waals surface area contributed by atoms with Gasteiger partial charge >= 0.3 is 5.97 Å². The van der Waals surface area contributed by atoms with Crippen molar-refractivity contribution < 1.29 is 19.2 Å². The summed E-state index contributed by atoms with van der Waals surface area (Å²) in [6.07, 6.45) is 1.73. The Kier molecular flexibility index (Phi) is 7.16. The summed E-state index contributed by atoms with van der Waals surface area (Å²) in [6, 6.07) is 11.1. The van der Waals surface area contributed by atoms with Gasteiger partial charge in [-0.1, -0.05) is 41.7 Å². The first-order chi connectivity index (χ1) is 17.3. The highest BCUT2D eigenvalue weighted by molar-refractivity contribution is 7.07. The maximum atomic E-state index is 13.7. The number of carbonyl (C=O) groups excluding carboxylic acids is 1. The fourth-order valence-electron chi connectivity index (χ4n) is 4.13. The maximum absolute atomic E-state index is 13.7. The van der Waals surface area contributed by atoms with E-state index in [-0.39, 0.29) is 23.4 Å². The fourth-order valence-corrected chi connectivity index (χ4v) is 5.17. The summed E-state index contributed by atoms with van der Waals surface area (Å²) < 4.78 is 12.8. The van der Waals surface area contributed by atoms with Crippen molar-refractivity contribution in [3.8, 4) is 5.75 Å². The molecule has 0 spiro atoms. The second-order valence-electron chi connectivity index (χ2n) is 8.08. The van der Waals surface area contributed by atoms with E-state index in [0.29, 0.717) is 38.5 Å². The zero-order chi connectivity index (χ0) is 26.0. The zero-order valence-electron chi connectivity index (χ0n) is 20.3. The Morgan fingerprint density at radius 1 is 1.19 bits per heavy atom. The van der Waals surface area contributed by atoms with E-state index in [1.165, 1.54) is 22.0 Å². The molecule has 1 aliphatic heterocycles. The molecular formula is C26H25N3O6S. The molecule has 4 rings (SSSR count). The number of rotatable bonds is 7. The summed E-state index contributed by atoms with van der Waals surface area (Å²) in [6.45, 7) is 7.48. The lowest BCUT2D eigenvalue weighted by atomic mass is 9.94. The van der Waals surface area contributed by atoms with Gasteiger partial charge in [0.05, 0.1) is 40.0 Å². The van der Waals surface area contributed by atoms with Crippen LogP contribution in [-0.4, -0.2) is 28.7 Å². The molecule has 0 N–H and O–H groups in total. The van der Waals surface area contributed by atoms with Crippen molar-refractivity contribution in [1.29, 1.82) is 0 Å². The van der Waals surface area contributed by atoms with Crippen molar-refractivity contribution in [2.75, 3.05) is 13.2 Å². The fraction of sp³-hybridized carbons (Fsp3) is 0.269. The molecule has 1 aromatic heterocycles. The third-order valence-electron chi connectivity index (χ3n) is 5.77. The number of aromatic nitrogens is 1. The van der Waals surface area contributed by atoms with E-state index in [9.17, 15) is 19.7 Å². The smallest absolute Gasteiger partial charge is 0.338 e. The van der Waals surface area contributed by atoms with E-state index in [1.54, 1.807) is 39.0 Å². The number of allylic oxidation sites excluding steroid dienone is 1. The summed E-state index contributed by atoms with van der Waals surface area (Å²) in [5, 5.41) is 11.6. The zero-order valence-corrected chi connectivity index (χ0v) is 21.1. The van der Waals surface area contributed by atoms with Gasteiger partial charge in [-0.25, -0.2) is 9.79 Å². The highest BCUT2D eigenvalue weighted by atomic mass is 32.1. The number of nitro benzene ring substituents is 1. The van der Waals surface area contributed by atoms with Gasteiger partial charge in [-0.15, -0.1) is 0 Å². The van der Waals surface area contributed by atoms with Gasteiger partial charge in [0.15, 0.2) is 4.80 Å². The highest BCUT2D eigenvalue weighted by Gasteiger charge is 2.34. The van der Waals surface area contributed by atoms with Crippen LogP contribution in [0.3, 0.4) is 0 Å². The molecule has 10 heteroatoms. The quantitative estimate of drug-likeness (QED) is 0.275. The highest BCUT2D eigenvalue weighted by Crippen LogP contribution is 2.33. The number of esters is 1. The molecule has 1 aliphatic rings. The second kappa shape index (κ2) is 10.3. The molecule has 0 amide bonds. The first-order valence-electron chi connectivity index (χ1n) is 11.4. The normalized spacial score (nSPS) is 15.3. The van der Waals surface area contributed by atoms with E-state index in [1.807, 2.05) is 31.2 Å². The van der Waals surface area contributed by atoms with Gasteiger partial charge in [0.25, 0.3) is 11.2 Å². The van der Waals surface area contributed by atoms with E-state index in [2.05, 4.69) is 4.99 Å². The molecule has 3 aromatic rings. The molecule has 0 aliphatic carbocycles. The first-order valence-corrected chi connectivity index (χ1v) is 12.2. The minimum absolute atomic E-state index is 0.0990. The molecule has 9 nitrogen and oxygen atoms in total. The summed E-state index contributed by atoms with van der Waals surface area (Å²) in [5.74, 6) is 0.0166. The Morgan fingerprint density at radius 3 is 2.64 bits per heavy atom. The number of nitro groups is 1. The van der Waals surface area contributed by atoms with Crippen LogP contribution in [0, 0.1) is 17.0 Å². The molecule has 0 radical (unpaired) electrons. The van der Waals surface area contributed by atoms with E-state index in [4.69, 9.17) is 9.47 Å². The molecule has 0 saturated carbocycles. The predicted molar refractivity (Wildman–Crippen MR) is 136 cm³/mol. The van der Waals surface area contributed by atoms with Gasteiger partial charge in [-0.2, -0.15) is 0 Å². The van der Waals surface area contributed by atoms with E-state index >= 15 is 0 Å². The van der Waals surface area contributed by atoms with Crippen molar-refractivity contribution in [3.63, 3.8) is 0 Å². The van der Waals surface area contributed by atoms with Crippen molar-refractivity contribution in [2.24, 2.45) is 4.99 Å². The lowest BCUT2D eigenvalue weighted by molar-refractivity contribution is -0.385. The van der Waals surface area contributed by atoms with Crippen molar-refractivity contribution >= 4 is 29.1 Å². The Bertz CT molecular complexity index is 1570. The number of fused-ring (bicyclic) bond motifs is 1. The average molecular weight is 508 g/mol.